The molecule has 6 aromatic carbocycles. The lowest BCUT2D eigenvalue weighted by molar-refractivity contribution is 1.18. The number of hydrogen-bond acceptors (Lipinski definition) is 0. The Hall–Kier alpha value is -5.92. The van der Waals surface area contributed by atoms with Crippen LogP contribution in [0.3, 0.4) is 0 Å². The van der Waals surface area contributed by atoms with Crippen molar-refractivity contribution < 1.29 is 0 Å². The highest BCUT2D eigenvalue weighted by Crippen LogP contribution is 2.35. The van der Waals surface area contributed by atoms with E-state index in [0.717, 1.165) is 12.0 Å². The van der Waals surface area contributed by atoms with E-state index in [0.29, 0.717) is 0 Å². The van der Waals surface area contributed by atoms with Crippen LogP contribution in [0.4, 0.5) is 0 Å². The molecule has 7 aromatic rings. The number of aryl methyl sites for hydroxylation is 1. The monoisotopic (exact) mass is 619 g/mol. The van der Waals surface area contributed by atoms with E-state index in [9.17, 15) is 0 Å². The molecule has 0 aliphatic heterocycles. The first kappa shape index (κ1) is 32.0. The molecule has 7 rings (SSSR count). The van der Waals surface area contributed by atoms with E-state index in [2.05, 4.69) is 165 Å². The van der Waals surface area contributed by atoms with Crippen molar-refractivity contribution in [3.63, 3.8) is 0 Å². The topological polar surface area (TPSA) is 4.93 Å². The van der Waals surface area contributed by atoms with Gasteiger partial charge < -0.3 is 4.57 Å². The number of nitrogens with zero attached hydrogens (tertiary/aromatic N) is 1. The predicted octanol–water partition coefficient (Wildman–Crippen LogP) is 13.4. The first-order chi connectivity index (χ1) is 23.5. The zero-order valence-electron chi connectivity index (χ0n) is 27.9. The SMILES string of the molecule is C=C/C=C(/C=C)C/C(C=C)=C\C.Cc1cc(-c2ccc(-n3c4ccccc4c4ccccc43)cc2)cc(-c2cccc3ccccc23)c1. The molecule has 1 nitrogen and oxygen atoms in total. The minimum Gasteiger partial charge on any atom is -0.309 e. The summed E-state index contributed by atoms with van der Waals surface area (Å²) in [6.07, 6.45) is 10.4. The number of fused-ring (bicyclic) bond motifs is 4. The third-order valence-electron chi connectivity index (χ3n) is 8.85. The molecule has 0 radical (unpaired) electrons. The molecule has 0 amide bonds. The number of para-hydroxylation sites is 2. The predicted molar refractivity (Wildman–Crippen MR) is 211 cm³/mol. The molecule has 234 valence electrons. The van der Waals surface area contributed by atoms with Gasteiger partial charge in [0.1, 0.15) is 0 Å². The molecular formula is C47H41N. The Kier molecular flexibility index (Phi) is 9.79. The van der Waals surface area contributed by atoms with Gasteiger partial charge in [0.25, 0.3) is 0 Å². The van der Waals surface area contributed by atoms with Crippen molar-refractivity contribution in [2.45, 2.75) is 20.3 Å². The highest BCUT2D eigenvalue weighted by molar-refractivity contribution is 6.09. The summed E-state index contributed by atoms with van der Waals surface area (Å²) in [4.78, 5) is 0. The van der Waals surface area contributed by atoms with Gasteiger partial charge in [-0.15, -0.1) is 0 Å². The summed E-state index contributed by atoms with van der Waals surface area (Å²) in [5, 5.41) is 5.14. The maximum atomic E-state index is 3.72. The first-order valence-electron chi connectivity index (χ1n) is 16.4. The maximum absolute atomic E-state index is 3.72. The Morgan fingerprint density at radius 1 is 0.583 bits per heavy atom. The Morgan fingerprint density at radius 2 is 1.17 bits per heavy atom. The second-order valence-corrected chi connectivity index (χ2v) is 12.0. The van der Waals surface area contributed by atoms with Gasteiger partial charge in [-0.25, -0.2) is 0 Å². The molecule has 0 atom stereocenters. The van der Waals surface area contributed by atoms with Crippen LogP contribution in [0, 0.1) is 6.92 Å². The van der Waals surface area contributed by atoms with Crippen LogP contribution >= 0.6 is 0 Å². The van der Waals surface area contributed by atoms with E-state index in [4.69, 9.17) is 0 Å². The van der Waals surface area contributed by atoms with Gasteiger partial charge in [0.2, 0.25) is 0 Å². The van der Waals surface area contributed by atoms with Crippen molar-refractivity contribution in [1.82, 2.24) is 4.57 Å². The van der Waals surface area contributed by atoms with E-state index in [1.807, 2.05) is 31.2 Å². The van der Waals surface area contributed by atoms with Gasteiger partial charge in [-0.3, -0.25) is 0 Å². The van der Waals surface area contributed by atoms with Gasteiger partial charge >= 0.3 is 0 Å². The van der Waals surface area contributed by atoms with Crippen molar-refractivity contribution in [1.29, 1.82) is 0 Å². The molecule has 48 heavy (non-hydrogen) atoms. The van der Waals surface area contributed by atoms with Crippen molar-refractivity contribution in [3.8, 4) is 27.9 Å². The van der Waals surface area contributed by atoms with Gasteiger partial charge in [0.05, 0.1) is 11.0 Å². The number of benzene rings is 6. The molecule has 1 heterocycles. The van der Waals surface area contributed by atoms with E-state index >= 15 is 0 Å². The summed E-state index contributed by atoms with van der Waals surface area (Å²) < 4.78 is 2.37. The van der Waals surface area contributed by atoms with Gasteiger partial charge in [0, 0.05) is 16.5 Å². The summed E-state index contributed by atoms with van der Waals surface area (Å²) in [6.45, 7) is 15.3. The van der Waals surface area contributed by atoms with Crippen molar-refractivity contribution in [3.05, 3.63) is 200 Å². The van der Waals surface area contributed by atoms with Crippen LogP contribution in [-0.2, 0) is 0 Å². The number of hydrogen-bond donors (Lipinski definition) is 0. The molecule has 0 spiro atoms. The summed E-state index contributed by atoms with van der Waals surface area (Å²) in [7, 11) is 0. The molecule has 1 aromatic heterocycles. The Balaban J connectivity index is 0.000000288. The van der Waals surface area contributed by atoms with Crippen LogP contribution < -0.4 is 0 Å². The normalized spacial score (nSPS) is 11.7. The van der Waals surface area contributed by atoms with Crippen LogP contribution in [-0.4, -0.2) is 4.57 Å². The Bertz CT molecular complexity index is 2260. The molecule has 0 unspecified atom stereocenters. The fourth-order valence-electron chi connectivity index (χ4n) is 6.46. The molecule has 0 N–H and O–H groups in total. The second kappa shape index (κ2) is 14.7. The minimum absolute atomic E-state index is 0.884. The quantitative estimate of drug-likeness (QED) is 0.149. The zero-order chi connectivity index (χ0) is 33.5. The molecule has 0 saturated heterocycles. The van der Waals surface area contributed by atoms with Crippen molar-refractivity contribution in [2.24, 2.45) is 0 Å². The molecule has 0 aliphatic rings. The van der Waals surface area contributed by atoms with Crippen molar-refractivity contribution >= 4 is 32.6 Å². The molecule has 0 aliphatic carbocycles. The lowest BCUT2D eigenvalue weighted by Gasteiger charge is -2.12. The van der Waals surface area contributed by atoms with Crippen LogP contribution in [0.25, 0.3) is 60.5 Å². The summed E-state index contributed by atoms with van der Waals surface area (Å²) in [5.41, 5.74) is 12.3. The zero-order valence-corrected chi connectivity index (χ0v) is 27.9. The fourth-order valence-corrected chi connectivity index (χ4v) is 6.46. The molecular weight excluding hydrogens is 579 g/mol. The van der Waals surface area contributed by atoms with Crippen LogP contribution in [0.1, 0.15) is 18.9 Å². The summed E-state index contributed by atoms with van der Waals surface area (Å²) in [5.74, 6) is 0. The molecule has 0 saturated carbocycles. The van der Waals surface area contributed by atoms with Crippen LogP contribution in [0.5, 0.6) is 0 Å². The average Bonchev–Trinajstić information content (AvgIpc) is 3.47. The van der Waals surface area contributed by atoms with Crippen LogP contribution in [0.2, 0.25) is 0 Å². The van der Waals surface area contributed by atoms with E-state index < -0.39 is 0 Å². The largest absolute Gasteiger partial charge is 0.309 e. The van der Waals surface area contributed by atoms with Gasteiger partial charge in [-0.2, -0.15) is 0 Å². The van der Waals surface area contributed by atoms with E-state index in [-0.39, 0.29) is 0 Å². The highest BCUT2D eigenvalue weighted by atomic mass is 15.0. The van der Waals surface area contributed by atoms with Crippen molar-refractivity contribution in [2.75, 3.05) is 0 Å². The molecule has 0 fully saturated rings. The highest BCUT2D eigenvalue weighted by Gasteiger charge is 2.12. The minimum atomic E-state index is 0.884. The lowest BCUT2D eigenvalue weighted by Crippen LogP contribution is -1.93. The van der Waals surface area contributed by atoms with E-state index in [1.165, 1.54) is 71.7 Å². The summed E-state index contributed by atoms with van der Waals surface area (Å²) >= 11 is 0. The van der Waals surface area contributed by atoms with E-state index in [1.54, 1.807) is 6.08 Å². The van der Waals surface area contributed by atoms with Crippen LogP contribution in [0.15, 0.2) is 195 Å². The van der Waals surface area contributed by atoms with Gasteiger partial charge in [-0.1, -0.05) is 153 Å². The number of rotatable bonds is 8. The lowest BCUT2D eigenvalue weighted by atomic mass is 9.93. The molecule has 1 heteroatoms. The first-order valence-corrected chi connectivity index (χ1v) is 16.4. The Labute approximate surface area is 284 Å². The smallest absolute Gasteiger partial charge is 0.0541 e. The maximum Gasteiger partial charge on any atom is 0.0541 e. The Morgan fingerprint density at radius 3 is 1.79 bits per heavy atom. The number of allylic oxidation sites excluding steroid dienone is 7. The third-order valence-corrected chi connectivity index (χ3v) is 8.85. The fraction of sp³-hybridized carbons (Fsp3) is 0.0638. The molecule has 0 bridgehead atoms. The summed E-state index contributed by atoms with van der Waals surface area (Å²) in [6, 6.07) is 48.4. The number of aromatic nitrogens is 1. The third kappa shape index (κ3) is 6.63. The van der Waals surface area contributed by atoms with Gasteiger partial charge in [0.15, 0.2) is 0 Å². The van der Waals surface area contributed by atoms with Gasteiger partial charge in [-0.05, 0) is 100 Å². The standard InChI is InChI=1S/C35H25N.C12H16/c1-24-21-27(23-28(22-24)31-14-8-10-26-9-2-3-11-30(26)31)25-17-19-29(20-18-25)36-34-15-6-4-12-32(34)33-13-5-7-16-35(33)36;1-5-9-12(8-4)10-11(6-2)7-3/h2-23H,1H3;5-9H,1-2,4,10H2,3H3/b;11-7-,12-9-. The average molecular weight is 620 g/mol. The second-order valence-electron chi connectivity index (χ2n) is 12.0.